The number of nitrogens with zero attached hydrogens (tertiary/aromatic N) is 2. The molecule has 0 saturated heterocycles. The number of halogens is 1. The van der Waals surface area contributed by atoms with E-state index in [0.717, 1.165) is 4.70 Å². The normalized spacial score (nSPS) is 13.4. The van der Waals surface area contributed by atoms with Crippen molar-refractivity contribution in [3.63, 3.8) is 0 Å². The third-order valence-corrected chi connectivity index (χ3v) is 4.82. The highest BCUT2D eigenvalue weighted by Gasteiger charge is 2.17. The first-order chi connectivity index (χ1) is 12.2. The van der Waals surface area contributed by atoms with Crippen molar-refractivity contribution in [3.8, 4) is 11.5 Å². The second kappa shape index (κ2) is 6.18. The van der Waals surface area contributed by atoms with Crippen molar-refractivity contribution in [1.82, 2.24) is 4.57 Å². The second-order valence-electron chi connectivity index (χ2n) is 5.36. The zero-order valence-electron chi connectivity index (χ0n) is 13.1. The molecule has 2 aromatic carbocycles. The molecule has 0 radical (unpaired) electrons. The van der Waals surface area contributed by atoms with E-state index < -0.39 is 5.91 Å². The maximum absolute atomic E-state index is 14.2. The Balaban J connectivity index is 1.83. The Bertz CT molecular complexity index is 1070. The van der Waals surface area contributed by atoms with Crippen molar-refractivity contribution >= 4 is 27.5 Å². The lowest BCUT2D eigenvalue weighted by molar-refractivity contribution is 0.0997. The number of hydrogen-bond acceptors (Lipinski definition) is 4. The van der Waals surface area contributed by atoms with Gasteiger partial charge in [0.15, 0.2) is 16.3 Å². The van der Waals surface area contributed by atoms with Crippen LogP contribution in [-0.4, -0.2) is 17.3 Å². The van der Waals surface area contributed by atoms with E-state index in [1.54, 1.807) is 41.0 Å². The Morgan fingerprint density at radius 2 is 2.16 bits per heavy atom. The molecule has 2 heterocycles. The Labute approximate surface area is 146 Å². The molecule has 0 bridgehead atoms. The Hall–Kier alpha value is -2.93. The SMILES string of the molecule is C=CCn1c(=NC(=O)c2ccc3c(c2)OCO3)sc2cccc(F)c21. The molecule has 0 atom stereocenters. The van der Waals surface area contributed by atoms with E-state index >= 15 is 0 Å². The minimum atomic E-state index is -0.428. The molecule has 0 spiro atoms. The van der Waals surface area contributed by atoms with E-state index in [1.807, 2.05) is 0 Å². The quantitative estimate of drug-likeness (QED) is 0.675. The van der Waals surface area contributed by atoms with Gasteiger partial charge in [-0.15, -0.1) is 6.58 Å². The number of amides is 1. The van der Waals surface area contributed by atoms with E-state index in [-0.39, 0.29) is 12.6 Å². The molecule has 1 amide bonds. The minimum Gasteiger partial charge on any atom is -0.454 e. The lowest BCUT2D eigenvalue weighted by Crippen LogP contribution is -2.16. The number of thiazole rings is 1. The van der Waals surface area contributed by atoms with Crippen molar-refractivity contribution in [2.24, 2.45) is 4.99 Å². The number of para-hydroxylation sites is 1. The summed E-state index contributed by atoms with van der Waals surface area (Å²) in [6.07, 6.45) is 1.64. The summed E-state index contributed by atoms with van der Waals surface area (Å²) in [4.78, 5) is 17.1. The lowest BCUT2D eigenvalue weighted by Gasteiger charge is -2.02. The Kier molecular flexibility index (Phi) is 3.85. The van der Waals surface area contributed by atoms with Crippen LogP contribution >= 0.6 is 11.3 Å². The number of carbonyl (C=O) groups is 1. The van der Waals surface area contributed by atoms with E-state index in [9.17, 15) is 9.18 Å². The van der Waals surface area contributed by atoms with Crippen LogP contribution in [0.15, 0.2) is 54.0 Å². The van der Waals surface area contributed by atoms with E-state index in [4.69, 9.17) is 9.47 Å². The molecule has 0 fully saturated rings. The topological polar surface area (TPSA) is 52.8 Å². The maximum atomic E-state index is 14.2. The summed E-state index contributed by atoms with van der Waals surface area (Å²) in [5.74, 6) is 0.334. The van der Waals surface area contributed by atoms with E-state index in [1.165, 1.54) is 17.4 Å². The zero-order chi connectivity index (χ0) is 17.4. The standard InChI is InChI=1S/C18H13FN2O3S/c1-2-8-21-16-12(19)4-3-5-15(16)25-18(21)20-17(22)11-6-7-13-14(9-11)24-10-23-13/h2-7,9H,1,8,10H2. The fraction of sp³-hybridized carbons (Fsp3) is 0.111. The van der Waals surface area contributed by atoms with Crippen LogP contribution in [0.2, 0.25) is 0 Å². The van der Waals surface area contributed by atoms with Gasteiger partial charge in [-0.3, -0.25) is 4.79 Å². The second-order valence-corrected chi connectivity index (χ2v) is 6.36. The molecule has 1 aromatic heterocycles. The summed E-state index contributed by atoms with van der Waals surface area (Å²) >= 11 is 1.26. The van der Waals surface area contributed by atoms with Crippen LogP contribution in [0.1, 0.15) is 10.4 Å². The molecular formula is C18H13FN2O3S. The first-order valence-electron chi connectivity index (χ1n) is 7.55. The van der Waals surface area contributed by atoms with Gasteiger partial charge in [0.25, 0.3) is 5.91 Å². The lowest BCUT2D eigenvalue weighted by atomic mass is 10.2. The van der Waals surface area contributed by atoms with E-state index in [2.05, 4.69) is 11.6 Å². The van der Waals surface area contributed by atoms with Crippen molar-refractivity contribution in [3.05, 3.63) is 65.2 Å². The molecule has 25 heavy (non-hydrogen) atoms. The highest BCUT2D eigenvalue weighted by molar-refractivity contribution is 7.16. The van der Waals surface area contributed by atoms with Crippen LogP contribution in [0, 0.1) is 5.82 Å². The minimum absolute atomic E-state index is 0.138. The molecule has 0 aliphatic carbocycles. The first-order valence-corrected chi connectivity index (χ1v) is 8.36. The van der Waals surface area contributed by atoms with Gasteiger partial charge in [-0.05, 0) is 30.3 Å². The summed E-state index contributed by atoms with van der Waals surface area (Å²) in [6.45, 7) is 4.19. The molecular weight excluding hydrogens is 343 g/mol. The first kappa shape index (κ1) is 15.6. The summed E-state index contributed by atoms with van der Waals surface area (Å²) < 4.78 is 27.1. The van der Waals surface area contributed by atoms with Crippen LogP contribution in [-0.2, 0) is 6.54 Å². The number of aromatic nitrogens is 1. The number of benzene rings is 2. The molecule has 7 heteroatoms. The van der Waals surface area contributed by atoms with Crippen molar-refractivity contribution < 1.29 is 18.7 Å². The van der Waals surface area contributed by atoms with Crippen LogP contribution in [0.25, 0.3) is 10.2 Å². The molecule has 0 unspecified atom stereocenters. The number of rotatable bonds is 3. The number of carbonyl (C=O) groups excluding carboxylic acids is 1. The number of allylic oxidation sites excluding steroid dienone is 1. The third-order valence-electron chi connectivity index (χ3n) is 3.78. The van der Waals surface area contributed by atoms with Crippen LogP contribution in [0.4, 0.5) is 4.39 Å². The molecule has 1 aliphatic heterocycles. The monoisotopic (exact) mass is 356 g/mol. The van der Waals surface area contributed by atoms with Gasteiger partial charge in [0.05, 0.1) is 10.2 Å². The molecule has 1 aliphatic rings. The van der Waals surface area contributed by atoms with Gasteiger partial charge in [0.2, 0.25) is 6.79 Å². The van der Waals surface area contributed by atoms with Gasteiger partial charge >= 0.3 is 0 Å². The average Bonchev–Trinajstić information content (AvgIpc) is 3.20. The largest absolute Gasteiger partial charge is 0.454 e. The van der Waals surface area contributed by atoms with Crippen molar-refractivity contribution in [2.45, 2.75) is 6.54 Å². The molecule has 4 rings (SSSR count). The van der Waals surface area contributed by atoms with Crippen molar-refractivity contribution in [1.29, 1.82) is 0 Å². The third kappa shape index (κ3) is 2.72. The summed E-state index contributed by atoms with van der Waals surface area (Å²) in [5, 5.41) is 0. The Morgan fingerprint density at radius 3 is 3.00 bits per heavy atom. The van der Waals surface area contributed by atoms with Gasteiger partial charge in [0.1, 0.15) is 5.82 Å². The summed E-state index contributed by atoms with van der Waals surface area (Å²) in [7, 11) is 0. The molecule has 126 valence electrons. The highest BCUT2D eigenvalue weighted by atomic mass is 32.1. The predicted molar refractivity (Wildman–Crippen MR) is 92.4 cm³/mol. The van der Waals surface area contributed by atoms with Gasteiger partial charge in [0, 0.05) is 12.1 Å². The van der Waals surface area contributed by atoms with Gasteiger partial charge in [-0.1, -0.05) is 23.5 Å². The van der Waals surface area contributed by atoms with Gasteiger partial charge in [-0.2, -0.15) is 4.99 Å². The van der Waals surface area contributed by atoms with Crippen molar-refractivity contribution in [2.75, 3.05) is 6.79 Å². The number of hydrogen-bond donors (Lipinski definition) is 0. The molecule has 0 N–H and O–H groups in total. The fourth-order valence-corrected chi connectivity index (χ4v) is 3.70. The zero-order valence-corrected chi connectivity index (χ0v) is 13.9. The van der Waals surface area contributed by atoms with Crippen LogP contribution in [0.5, 0.6) is 11.5 Å². The summed E-state index contributed by atoms with van der Waals surface area (Å²) in [6, 6.07) is 9.72. The van der Waals surface area contributed by atoms with Crippen LogP contribution in [0.3, 0.4) is 0 Å². The average molecular weight is 356 g/mol. The van der Waals surface area contributed by atoms with Gasteiger partial charge in [-0.25, -0.2) is 4.39 Å². The number of ether oxygens (including phenoxy) is 2. The smallest absolute Gasteiger partial charge is 0.279 e. The fourth-order valence-electron chi connectivity index (χ4n) is 2.65. The molecule has 5 nitrogen and oxygen atoms in total. The molecule has 0 saturated carbocycles. The summed E-state index contributed by atoms with van der Waals surface area (Å²) in [5.41, 5.74) is 0.803. The van der Waals surface area contributed by atoms with E-state index in [0.29, 0.717) is 33.9 Å². The molecule has 3 aromatic rings. The van der Waals surface area contributed by atoms with Crippen LogP contribution < -0.4 is 14.3 Å². The van der Waals surface area contributed by atoms with Gasteiger partial charge < -0.3 is 14.0 Å². The number of fused-ring (bicyclic) bond motifs is 2. The maximum Gasteiger partial charge on any atom is 0.279 e. The predicted octanol–water partition coefficient (Wildman–Crippen LogP) is 3.50. The Morgan fingerprint density at radius 1 is 1.32 bits per heavy atom. The highest BCUT2D eigenvalue weighted by Crippen LogP contribution is 2.32.